The monoisotopic (exact) mass is 273 g/mol. The molecule has 0 aliphatic carbocycles. The fourth-order valence-corrected chi connectivity index (χ4v) is 1.78. The van der Waals surface area contributed by atoms with Crippen LogP contribution in [0.4, 0.5) is 5.69 Å². The number of benzene rings is 1. The van der Waals surface area contributed by atoms with Crippen LogP contribution in [0.5, 0.6) is 0 Å². The van der Waals surface area contributed by atoms with E-state index in [4.69, 9.17) is 5.73 Å². The Bertz CT molecular complexity index is 588. The summed E-state index contributed by atoms with van der Waals surface area (Å²) in [5.41, 5.74) is 7.46. The standard InChI is InChI=1S/C14H19N5O/c1-9(2)12(15)14(20)17-11-6-4-10(5-7-11)13-18-16-8-19(13)3/h4-9,12H,15H2,1-3H3,(H,17,20)/t12-/m1/s1. The van der Waals surface area contributed by atoms with Crippen molar-refractivity contribution in [3.63, 3.8) is 0 Å². The number of aryl methyl sites for hydroxylation is 1. The fourth-order valence-electron chi connectivity index (χ4n) is 1.78. The summed E-state index contributed by atoms with van der Waals surface area (Å²) in [5.74, 6) is 0.709. The van der Waals surface area contributed by atoms with Crippen LogP contribution in [-0.2, 0) is 11.8 Å². The number of nitrogens with zero attached hydrogens (tertiary/aromatic N) is 3. The van der Waals surface area contributed by atoms with Gasteiger partial charge in [-0.25, -0.2) is 0 Å². The zero-order valence-corrected chi connectivity index (χ0v) is 11.9. The molecule has 6 nitrogen and oxygen atoms in total. The van der Waals surface area contributed by atoms with Gasteiger partial charge >= 0.3 is 0 Å². The molecule has 106 valence electrons. The van der Waals surface area contributed by atoms with Crippen molar-refractivity contribution in [1.29, 1.82) is 0 Å². The highest BCUT2D eigenvalue weighted by Gasteiger charge is 2.17. The van der Waals surface area contributed by atoms with Crippen LogP contribution in [0, 0.1) is 5.92 Å². The van der Waals surface area contributed by atoms with E-state index in [0.29, 0.717) is 0 Å². The lowest BCUT2D eigenvalue weighted by Gasteiger charge is -2.15. The highest BCUT2D eigenvalue weighted by Crippen LogP contribution is 2.18. The lowest BCUT2D eigenvalue weighted by atomic mass is 10.0. The fraction of sp³-hybridized carbons (Fsp3) is 0.357. The van der Waals surface area contributed by atoms with E-state index in [1.165, 1.54) is 0 Å². The second-order valence-electron chi connectivity index (χ2n) is 5.10. The highest BCUT2D eigenvalue weighted by molar-refractivity contribution is 5.95. The van der Waals surface area contributed by atoms with Gasteiger partial charge < -0.3 is 15.6 Å². The van der Waals surface area contributed by atoms with Crippen molar-refractivity contribution in [2.75, 3.05) is 5.32 Å². The van der Waals surface area contributed by atoms with Gasteiger partial charge in [0.15, 0.2) is 5.82 Å². The smallest absolute Gasteiger partial charge is 0.241 e. The zero-order valence-electron chi connectivity index (χ0n) is 11.9. The maximum Gasteiger partial charge on any atom is 0.241 e. The molecule has 0 saturated heterocycles. The Hall–Kier alpha value is -2.21. The third kappa shape index (κ3) is 3.03. The summed E-state index contributed by atoms with van der Waals surface area (Å²) in [7, 11) is 1.88. The first-order valence-corrected chi connectivity index (χ1v) is 6.50. The minimum Gasteiger partial charge on any atom is -0.325 e. The van der Waals surface area contributed by atoms with Gasteiger partial charge in [0.1, 0.15) is 6.33 Å². The lowest BCUT2D eigenvalue weighted by molar-refractivity contribution is -0.118. The number of aromatic nitrogens is 3. The molecule has 2 rings (SSSR count). The molecule has 0 unspecified atom stereocenters. The molecular formula is C14H19N5O. The average molecular weight is 273 g/mol. The third-order valence-corrected chi connectivity index (χ3v) is 3.14. The van der Waals surface area contributed by atoms with Crippen molar-refractivity contribution < 1.29 is 4.79 Å². The molecule has 0 spiro atoms. The average Bonchev–Trinajstić information content (AvgIpc) is 2.85. The van der Waals surface area contributed by atoms with E-state index in [1.54, 1.807) is 6.33 Å². The minimum absolute atomic E-state index is 0.105. The van der Waals surface area contributed by atoms with E-state index in [-0.39, 0.29) is 11.8 Å². The lowest BCUT2D eigenvalue weighted by Crippen LogP contribution is -2.39. The van der Waals surface area contributed by atoms with Crippen LogP contribution in [0.2, 0.25) is 0 Å². The molecule has 1 atom stereocenters. The Morgan fingerprint density at radius 3 is 2.45 bits per heavy atom. The molecule has 1 heterocycles. The third-order valence-electron chi connectivity index (χ3n) is 3.14. The van der Waals surface area contributed by atoms with Crippen LogP contribution in [0.3, 0.4) is 0 Å². The van der Waals surface area contributed by atoms with Crippen molar-refractivity contribution in [3.8, 4) is 11.4 Å². The van der Waals surface area contributed by atoms with Crippen LogP contribution in [0.1, 0.15) is 13.8 Å². The minimum atomic E-state index is -0.506. The molecule has 1 aromatic carbocycles. The van der Waals surface area contributed by atoms with Gasteiger partial charge in [-0.15, -0.1) is 10.2 Å². The molecule has 2 aromatic rings. The van der Waals surface area contributed by atoms with Gasteiger partial charge in [-0.3, -0.25) is 4.79 Å². The van der Waals surface area contributed by atoms with Crippen molar-refractivity contribution in [2.24, 2.45) is 18.7 Å². The Morgan fingerprint density at radius 2 is 1.95 bits per heavy atom. The predicted molar refractivity (Wildman–Crippen MR) is 77.9 cm³/mol. The number of carbonyl (C=O) groups is 1. The number of hydrogen-bond acceptors (Lipinski definition) is 4. The molecule has 20 heavy (non-hydrogen) atoms. The molecule has 1 aromatic heterocycles. The van der Waals surface area contributed by atoms with Crippen molar-refractivity contribution in [1.82, 2.24) is 14.8 Å². The Labute approximate surface area is 118 Å². The van der Waals surface area contributed by atoms with Gasteiger partial charge in [0.05, 0.1) is 6.04 Å². The number of amides is 1. The van der Waals surface area contributed by atoms with Gasteiger partial charge in [0, 0.05) is 18.3 Å². The van der Waals surface area contributed by atoms with Gasteiger partial charge in [-0.05, 0) is 30.2 Å². The second kappa shape index (κ2) is 5.83. The maximum absolute atomic E-state index is 11.9. The van der Waals surface area contributed by atoms with Crippen LogP contribution in [-0.4, -0.2) is 26.7 Å². The first kappa shape index (κ1) is 14.2. The predicted octanol–water partition coefficient (Wildman–Crippen LogP) is 1.40. The zero-order chi connectivity index (χ0) is 14.7. The maximum atomic E-state index is 11.9. The van der Waals surface area contributed by atoms with Crippen LogP contribution < -0.4 is 11.1 Å². The Balaban J connectivity index is 2.10. The molecule has 6 heteroatoms. The van der Waals surface area contributed by atoms with Gasteiger partial charge in [-0.2, -0.15) is 0 Å². The normalized spacial score (nSPS) is 12.4. The van der Waals surface area contributed by atoms with Crippen molar-refractivity contribution >= 4 is 11.6 Å². The molecule has 1 amide bonds. The summed E-state index contributed by atoms with van der Waals surface area (Å²) < 4.78 is 1.84. The summed E-state index contributed by atoms with van der Waals surface area (Å²) in [6.45, 7) is 3.84. The van der Waals surface area contributed by atoms with Gasteiger partial charge in [0.2, 0.25) is 5.91 Å². The summed E-state index contributed by atoms with van der Waals surface area (Å²) in [5, 5.41) is 10.7. The van der Waals surface area contributed by atoms with Crippen LogP contribution in [0.25, 0.3) is 11.4 Å². The number of carbonyl (C=O) groups excluding carboxylic acids is 1. The quantitative estimate of drug-likeness (QED) is 0.881. The molecule has 0 saturated carbocycles. The molecule has 3 N–H and O–H groups in total. The topological polar surface area (TPSA) is 85.8 Å². The summed E-state index contributed by atoms with van der Waals surface area (Å²) in [6.07, 6.45) is 1.65. The molecule has 0 bridgehead atoms. The molecule has 0 radical (unpaired) electrons. The number of hydrogen-bond donors (Lipinski definition) is 2. The van der Waals surface area contributed by atoms with E-state index in [2.05, 4.69) is 15.5 Å². The molecule has 0 aliphatic heterocycles. The number of anilines is 1. The van der Waals surface area contributed by atoms with Crippen molar-refractivity contribution in [2.45, 2.75) is 19.9 Å². The van der Waals surface area contributed by atoms with E-state index in [9.17, 15) is 4.79 Å². The van der Waals surface area contributed by atoms with E-state index in [1.807, 2.05) is 49.7 Å². The number of nitrogens with one attached hydrogen (secondary N) is 1. The van der Waals surface area contributed by atoms with E-state index in [0.717, 1.165) is 17.1 Å². The molecule has 0 fully saturated rings. The summed E-state index contributed by atoms with van der Waals surface area (Å²) >= 11 is 0. The molecular weight excluding hydrogens is 254 g/mol. The summed E-state index contributed by atoms with van der Waals surface area (Å²) in [4.78, 5) is 11.9. The Morgan fingerprint density at radius 1 is 1.30 bits per heavy atom. The number of rotatable bonds is 4. The highest BCUT2D eigenvalue weighted by atomic mass is 16.2. The SMILES string of the molecule is CC(C)[C@@H](N)C(=O)Nc1ccc(-c2nncn2C)cc1. The van der Waals surface area contributed by atoms with Gasteiger partial charge in [-0.1, -0.05) is 13.8 Å². The first-order chi connectivity index (χ1) is 9.49. The number of nitrogens with two attached hydrogens (primary N) is 1. The largest absolute Gasteiger partial charge is 0.325 e. The summed E-state index contributed by atoms with van der Waals surface area (Å²) in [6, 6.07) is 6.93. The van der Waals surface area contributed by atoms with Crippen LogP contribution in [0.15, 0.2) is 30.6 Å². The Kier molecular flexibility index (Phi) is 4.14. The van der Waals surface area contributed by atoms with Crippen LogP contribution >= 0.6 is 0 Å². The second-order valence-corrected chi connectivity index (χ2v) is 5.10. The molecule has 0 aliphatic rings. The van der Waals surface area contributed by atoms with E-state index >= 15 is 0 Å². The van der Waals surface area contributed by atoms with Crippen molar-refractivity contribution in [3.05, 3.63) is 30.6 Å². The van der Waals surface area contributed by atoms with E-state index < -0.39 is 6.04 Å². The first-order valence-electron chi connectivity index (χ1n) is 6.50. The van der Waals surface area contributed by atoms with Gasteiger partial charge in [0.25, 0.3) is 0 Å².